The Bertz CT molecular complexity index is 582. The highest BCUT2D eigenvalue weighted by Gasteiger charge is 2.37. The molecule has 0 N–H and O–H groups in total. The molecule has 1 aliphatic heterocycles. The van der Waals surface area contributed by atoms with Gasteiger partial charge in [0.15, 0.2) is 0 Å². The van der Waals surface area contributed by atoms with Gasteiger partial charge in [-0.05, 0) is 65.8 Å². The Kier molecular flexibility index (Phi) is 3.24. The molecule has 2 heteroatoms. The molecule has 0 spiro atoms. The van der Waals surface area contributed by atoms with E-state index in [1.807, 2.05) is 0 Å². The van der Waals surface area contributed by atoms with Crippen molar-refractivity contribution in [3.63, 3.8) is 0 Å². The van der Waals surface area contributed by atoms with Crippen molar-refractivity contribution in [2.24, 2.45) is 0 Å². The first-order valence-corrected chi connectivity index (χ1v) is 8.00. The van der Waals surface area contributed by atoms with E-state index in [2.05, 4.69) is 99.9 Å². The summed E-state index contributed by atoms with van der Waals surface area (Å²) >= 11 is 0. The van der Waals surface area contributed by atoms with E-state index in [1.54, 1.807) is 0 Å². The molecule has 2 aromatic rings. The molecule has 0 saturated carbocycles. The summed E-state index contributed by atoms with van der Waals surface area (Å²) in [6, 6.07) is 17.5. The van der Waals surface area contributed by atoms with Crippen LogP contribution in [-0.4, -0.2) is 11.1 Å². The molecule has 0 aromatic heterocycles. The maximum Gasteiger partial charge on any atom is 0.0657 e. The highest BCUT2D eigenvalue weighted by molar-refractivity contribution is 5.94. The van der Waals surface area contributed by atoms with E-state index in [4.69, 9.17) is 0 Å². The normalized spacial score (nSPS) is 14.6. The molecule has 0 atom stereocenters. The van der Waals surface area contributed by atoms with Gasteiger partial charge in [0.25, 0.3) is 0 Å². The van der Waals surface area contributed by atoms with Crippen LogP contribution in [0.5, 0.6) is 0 Å². The minimum absolute atomic E-state index is 0.0240. The second-order valence-electron chi connectivity index (χ2n) is 7.99. The number of nitrogens with zero attached hydrogens (tertiary/aromatic N) is 2. The van der Waals surface area contributed by atoms with Crippen LogP contribution in [0.2, 0.25) is 0 Å². The molecule has 2 aromatic carbocycles. The lowest BCUT2D eigenvalue weighted by Crippen LogP contribution is -2.46. The Morgan fingerprint density at radius 3 is 0.909 bits per heavy atom. The van der Waals surface area contributed by atoms with Gasteiger partial charge >= 0.3 is 0 Å². The van der Waals surface area contributed by atoms with Crippen molar-refractivity contribution in [3.8, 4) is 0 Å². The smallest absolute Gasteiger partial charge is 0.0657 e. The van der Waals surface area contributed by atoms with E-state index >= 15 is 0 Å². The predicted octanol–water partition coefficient (Wildman–Crippen LogP) is 5.87. The highest BCUT2D eigenvalue weighted by atomic mass is 15.3. The van der Waals surface area contributed by atoms with Gasteiger partial charge in [-0.15, -0.1) is 0 Å². The van der Waals surface area contributed by atoms with Gasteiger partial charge in [-0.2, -0.15) is 0 Å². The summed E-state index contributed by atoms with van der Waals surface area (Å²) in [6.45, 7) is 13.6. The third-order valence-corrected chi connectivity index (χ3v) is 4.07. The topological polar surface area (TPSA) is 6.48 Å². The number of benzene rings is 2. The first kappa shape index (κ1) is 15.0. The summed E-state index contributed by atoms with van der Waals surface area (Å²) in [5, 5.41) is 0. The minimum Gasteiger partial charge on any atom is -0.333 e. The molecular weight excluding hydrogens is 268 g/mol. The van der Waals surface area contributed by atoms with Gasteiger partial charge in [0.2, 0.25) is 0 Å². The lowest BCUT2D eigenvalue weighted by Gasteiger charge is -2.50. The largest absolute Gasteiger partial charge is 0.333 e. The second-order valence-corrected chi connectivity index (χ2v) is 7.99. The zero-order valence-electron chi connectivity index (χ0n) is 14.5. The molecule has 22 heavy (non-hydrogen) atoms. The summed E-state index contributed by atoms with van der Waals surface area (Å²) < 4.78 is 0. The van der Waals surface area contributed by atoms with E-state index in [-0.39, 0.29) is 11.1 Å². The van der Waals surface area contributed by atoms with Crippen LogP contribution >= 0.6 is 0 Å². The quantitative estimate of drug-likeness (QED) is 0.599. The molecule has 0 radical (unpaired) electrons. The van der Waals surface area contributed by atoms with Crippen LogP contribution in [0.4, 0.5) is 22.7 Å². The third kappa shape index (κ3) is 2.27. The number of hydrogen-bond donors (Lipinski definition) is 0. The average Bonchev–Trinajstić information content (AvgIpc) is 2.41. The molecule has 0 amide bonds. The van der Waals surface area contributed by atoms with Crippen LogP contribution in [0.3, 0.4) is 0 Å². The first-order valence-electron chi connectivity index (χ1n) is 8.00. The fourth-order valence-corrected chi connectivity index (χ4v) is 3.39. The van der Waals surface area contributed by atoms with E-state index in [1.165, 1.54) is 22.7 Å². The molecule has 116 valence electrons. The summed E-state index contributed by atoms with van der Waals surface area (Å²) in [4.78, 5) is 4.92. The summed E-state index contributed by atoms with van der Waals surface area (Å²) in [6.07, 6.45) is 0. The van der Waals surface area contributed by atoms with Crippen molar-refractivity contribution in [1.29, 1.82) is 0 Å². The molecule has 0 bridgehead atoms. The van der Waals surface area contributed by atoms with E-state index in [9.17, 15) is 0 Å². The monoisotopic (exact) mass is 294 g/mol. The Hall–Kier alpha value is -1.96. The summed E-state index contributed by atoms with van der Waals surface area (Å²) in [5.41, 5.74) is 5.17. The van der Waals surface area contributed by atoms with Gasteiger partial charge in [0.1, 0.15) is 0 Å². The van der Waals surface area contributed by atoms with Crippen molar-refractivity contribution in [2.75, 3.05) is 9.80 Å². The van der Waals surface area contributed by atoms with Crippen LogP contribution in [0.1, 0.15) is 41.5 Å². The first-order chi connectivity index (χ1) is 10.2. The fourth-order valence-electron chi connectivity index (χ4n) is 3.39. The highest BCUT2D eigenvalue weighted by Crippen LogP contribution is 2.52. The van der Waals surface area contributed by atoms with Crippen LogP contribution in [0.25, 0.3) is 0 Å². The van der Waals surface area contributed by atoms with Crippen molar-refractivity contribution >= 4 is 22.7 Å². The number of fused-ring (bicyclic) bond motifs is 2. The molecule has 0 unspecified atom stereocenters. The van der Waals surface area contributed by atoms with Crippen molar-refractivity contribution < 1.29 is 0 Å². The number of hydrogen-bond acceptors (Lipinski definition) is 2. The standard InChI is InChI=1S/C20H26N2/c1-19(2,3)21-15-11-7-9-13-17(15)22(20(4,5)6)18-14-10-8-12-16(18)21/h7-14H,1-6H3. The van der Waals surface area contributed by atoms with Gasteiger partial charge in [0, 0.05) is 11.1 Å². The molecule has 0 aliphatic carbocycles. The van der Waals surface area contributed by atoms with Gasteiger partial charge in [-0.3, -0.25) is 0 Å². The molecule has 1 aliphatic rings. The lowest BCUT2D eigenvalue weighted by molar-refractivity contribution is 0.532. The van der Waals surface area contributed by atoms with Crippen LogP contribution in [0, 0.1) is 0 Å². The minimum atomic E-state index is 0.0240. The lowest BCUT2D eigenvalue weighted by atomic mass is 9.94. The zero-order valence-corrected chi connectivity index (χ0v) is 14.5. The summed E-state index contributed by atoms with van der Waals surface area (Å²) in [7, 11) is 0. The SMILES string of the molecule is CC(C)(C)N1c2ccccc2N(C(C)(C)C)c2ccccc21. The molecule has 2 nitrogen and oxygen atoms in total. The number of anilines is 4. The zero-order chi connectivity index (χ0) is 16.1. The predicted molar refractivity (Wildman–Crippen MR) is 96.7 cm³/mol. The molecule has 3 rings (SSSR count). The summed E-state index contributed by atoms with van der Waals surface area (Å²) in [5.74, 6) is 0. The maximum atomic E-state index is 2.46. The van der Waals surface area contributed by atoms with E-state index in [0.29, 0.717) is 0 Å². The van der Waals surface area contributed by atoms with Gasteiger partial charge < -0.3 is 9.80 Å². The van der Waals surface area contributed by atoms with Crippen molar-refractivity contribution in [3.05, 3.63) is 48.5 Å². The fraction of sp³-hybridized carbons (Fsp3) is 0.400. The number of para-hydroxylation sites is 4. The molecule has 0 fully saturated rings. The van der Waals surface area contributed by atoms with Gasteiger partial charge in [-0.1, -0.05) is 24.3 Å². The van der Waals surface area contributed by atoms with E-state index < -0.39 is 0 Å². The third-order valence-electron chi connectivity index (χ3n) is 4.07. The Morgan fingerprint density at radius 2 is 0.727 bits per heavy atom. The Balaban J connectivity index is 2.34. The second kappa shape index (κ2) is 4.77. The van der Waals surface area contributed by atoms with Crippen molar-refractivity contribution in [1.82, 2.24) is 0 Å². The molecule has 0 saturated heterocycles. The van der Waals surface area contributed by atoms with Crippen LogP contribution < -0.4 is 9.80 Å². The maximum absolute atomic E-state index is 2.46. The van der Waals surface area contributed by atoms with Crippen molar-refractivity contribution in [2.45, 2.75) is 52.6 Å². The van der Waals surface area contributed by atoms with Crippen LogP contribution in [-0.2, 0) is 0 Å². The van der Waals surface area contributed by atoms with Crippen LogP contribution in [0.15, 0.2) is 48.5 Å². The Morgan fingerprint density at radius 1 is 0.500 bits per heavy atom. The van der Waals surface area contributed by atoms with Gasteiger partial charge in [-0.25, -0.2) is 0 Å². The molecule has 1 heterocycles. The average molecular weight is 294 g/mol. The van der Waals surface area contributed by atoms with Gasteiger partial charge in [0.05, 0.1) is 22.7 Å². The Labute approximate surface area is 134 Å². The molecular formula is C20H26N2. The van der Waals surface area contributed by atoms with E-state index in [0.717, 1.165) is 0 Å². The number of rotatable bonds is 0.